The highest BCUT2D eigenvalue weighted by Crippen LogP contribution is 2.44. The van der Waals surface area contributed by atoms with E-state index in [1.54, 1.807) is 0 Å². The van der Waals surface area contributed by atoms with E-state index in [9.17, 15) is 0 Å². The molecule has 11 rings (SSSR count). The first-order valence-electron chi connectivity index (χ1n) is 22.3. The summed E-state index contributed by atoms with van der Waals surface area (Å²) in [7, 11) is 0. The molecule has 0 heterocycles. The minimum Gasteiger partial charge on any atom is -0.313 e. The molecule has 2 heteroatoms. The Morgan fingerprint density at radius 1 is 0.453 bits per heavy atom. The predicted molar refractivity (Wildman–Crippen MR) is 278 cm³/mol. The van der Waals surface area contributed by atoms with Crippen LogP contribution in [0.4, 0.5) is 11.4 Å². The van der Waals surface area contributed by atoms with Crippen molar-refractivity contribution in [2.75, 3.05) is 9.80 Å². The number of hydrogen-bond donors (Lipinski definition) is 0. The molecule has 0 fully saturated rings. The maximum Gasteiger partial charge on any atom is 0.0465 e. The number of benzene rings is 9. The zero-order valence-electron chi connectivity index (χ0n) is 35.9. The summed E-state index contributed by atoms with van der Waals surface area (Å²) in [6, 6.07) is 58.3. The van der Waals surface area contributed by atoms with Crippen molar-refractivity contribution in [1.29, 1.82) is 0 Å². The van der Waals surface area contributed by atoms with E-state index < -0.39 is 0 Å². The molecule has 0 spiro atoms. The van der Waals surface area contributed by atoms with Crippen LogP contribution in [0.1, 0.15) is 12.8 Å². The average molecular weight is 821 g/mol. The van der Waals surface area contributed by atoms with Gasteiger partial charge < -0.3 is 9.80 Å². The second-order valence-corrected chi connectivity index (χ2v) is 17.0. The van der Waals surface area contributed by atoms with Crippen molar-refractivity contribution in [3.05, 3.63) is 254 Å². The zero-order valence-corrected chi connectivity index (χ0v) is 35.9. The van der Waals surface area contributed by atoms with Crippen LogP contribution in [0.25, 0.3) is 76.0 Å². The van der Waals surface area contributed by atoms with E-state index >= 15 is 0 Å². The van der Waals surface area contributed by atoms with E-state index in [4.69, 9.17) is 0 Å². The smallest absolute Gasteiger partial charge is 0.0465 e. The molecule has 306 valence electrons. The van der Waals surface area contributed by atoms with Crippen LogP contribution >= 0.6 is 0 Å². The molecule has 9 aromatic rings. The summed E-state index contributed by atoms with van der Waals surface area (Å²) >= 11 is 0. The second-order valence-electron chi connectivity index (χ2n) is 17.0. The molecule has 2 atom stereocenters. The maximum atomic E-state index is 4.58. The first-order chi connectivity index (χ1) is 31.5. The maximum absolute atomic E-state index is 4.58. The molecule has 2 unspecified atom stereocenters. The lowest BCUT2D eigenvalue weighted by Gasteiger charge is -2.42. The highest BCUT2D eigenvalue weighted by Gasteiger charge is 2.36. The van der Waals surface area contributed by atoms with Crippen LogP contribution < -0.4 is 20.2 Å². The van der Waals surface area contributed by atoms with Gasteiger partial charge in [-0.1, -0.05) is 128 Å². The van der Waals surface area contributed by atoms with Crippen LogP contribution in [0.3, 0.4) is 0 Å². The first-order valence-corrected chi connectivity index (χ1v) is 22.3. The Balaban J connectivity index is 1.16. The molecule has 2 nitrogen and oxygen atoms in total. The Labute approximate surface area is 374 Å². The van der Waals surface area contributed by atoms with Crippen LogP contribution in [0, 0.1) is 11.8 Å². The van der Waals surface area contributed by atoms with Crippen LogP contribution in [0.15, 0.2) is 244 Å². The van der Waals surface area contributed by atoms with Gasteiger partial charge in [0.05, 0.1) is 0 Å². The zero-order chi connectivity index (χ0) is 43.3. The van der Waals surface area contributed by atoms with Crippen molar-refractivity contribution in [2.45, 2.75) is 12.8 Å². The van der Waals surface area contributed by atoms with Crippen LogP contribution in [-0.2, 0) is 0 Å². The normalized spacial score (nSPS) is 16.3. The highest BCUT2D eigenvalue weighted by atomic mass is 15.2. The molecule has 0 aliphatic heterocycles. The van der Waals surface area contributed by atoms with Crippen LogP contribution in [0.2, 0.25) is 0 Å². The summed E-state index contributed by atoms with van der Waals surface area (Å²) in [5, 5.41) is 17.0. The summed E-state index contributed by atoms with van der Waals surface area (Å²) in [4.78, 5) is 4.85. The van der Waals surface area contributed by atoms with Gasteiger partial charge in [-0.3, -0.25) is 0 Å². The SMILES string of the molecule is C=C/C=C(\C=C)N(C1=c2ccccc2=C(N(C2=CCCC=C2)c2ccc3cc4cc5ccccc5cc4cc3c2)C(C=C)C1C=C)c1ccc2cc3cc4ccccc4cc3cc2c1. The van der Waals surface area contributed by atoms with Gasteiger partial charge in [0, 0.05) is 56.4 Å². The van der Waals surface area contributed by atoms with Gasteiger partial charge in [-0.2, -0.15) is 0 Å². The Morgan fingerprint density at radius 3 is 1.38 bits per heavy atom. The van der Waals surface area contributed by atoms with E-state index in [2.05, 4.69) is 224 Å². The van der Waals surface area contributed by atoms with Crippen molar-refractivity contribution in [1.82, 2.24) is 0 Å². The Morgan fingerprint density at radius 2 is 0.891 bits per heavy atom. The third kappa shape index (κ3) is 6.58. The van der Waals surface area contributed by atoms with Gasteiger partial charge in [-0.25, -0.2) is 0 Å². The van der Waals surface area contributed by atoms with Crippen molar-refractivity contribution in [2.24, 2.45) is 11.8 Å². The number of nitrogens with zero attached hydrogens (tertiary/aromatic N) is 2. The van der Waals surface area contributed by atoms with Gasteiger partial charge in [0.1, 0.15) is 0 Å². The van der Waals surface area contributed by atoms with Gasteiger partial charge in [0.2, 0.25) is 0 Å². The molecule has 0 radical (unpaired) electrons. The lowest BCUT2D eigenvalue weighted by atomic mass is 9.79. The monoisotopic (exact) mass is 820 g/mol. The molecular weight excluding hydrogens is 773 g/mol. The van der Waals surface area contributed by atoms with E-state index in [1.807, 2.05) is 18.2 Å². The Kier molecular flexibility index (Phi) is 9.78. The molecular formula is C62H48N2. The fourth-order valence-electron chi connectivity index (χ4n) is 10.3. The highest BCUT2D eigenvalue weighted by molar-refractivity contribution is 6.07. The molecule has 0 bridgehead atoms. The quantitative estimate of drug-likeness (QED) is 0.0770. The summed E-state index contributed by atoms with van der Waals surface area (Å²) in [5.74, 6) is -0.310. The third-order valence-corrected chi connectivity index (χ3v) is 13.3. The van der Waals surface area contributed by atoms with Gasteiger partial charge in [-0.05, 0) is 169 Å². The molecule has 0 aromatic heterocycles. The third-order valence-electron chi connectivity index (χ3n) is 13.3. The van der Waals surface area contributed by atoms with E-state index in [-0.39, 0.29) is 11.8 Å². The van der Waals surface area contributed by atoms with Crippen molar-refractivity contribution in [3.63, 3.8) is 0 Å². The molecule has 0 saturated heterocycles. The average Bonchev–Trinajstić information content (AvgIpc) is 3.34. The van der Waals surface area contributed by atoms with E-state index in [0.29, 0.717) is 0 Å². The topological polar surface area (TPSA) is 6.48 Å². The molecule has 0 saturated carbocycles. The number of anilines is 2. The van der Waals surface area contributed by atoms with Gasteiger partial charge in [0.25, 0.3) is 0 Å². The number of rotatable bonds is 10. The fourth-order valence-corrected chi connectivity index (χ4v) is 10.3. The lowest BCUT2D eigenvalue weighted by molar-refractivity contribution is 0.666. The van der Waals surface area contributed by atoms with Crippen LogP contribution in [-0.4, -0.2) is 0 Å². The number of hydrogen-bond acceptors (Lipinski definition) is 2. The van der Waals surface area contributed by atoms with Crippen LogP contribution in [0.5, 0.6) is 0 Å². The Hall–Kier alpha value is -7.94. The van der Waals surface area contributed by atoms with E-state index in [1.165, 1.54) is 70.3 Å². The lowest BCUT2D eigenvalue weighted by Crippen LogP contribution is -2.48. The van der Waals surface area contributed by atoms with Crippen molar-refractivity contribution < 1.29 is 0 Å². The number of fused-ring (bicyclic) bond motifs is 7. The summed E-state index contributed by atoms with van der Waals surface area (Å²) in [6.07, 6.45) is 19.0. The molecule has 2 aliphatic carbocycles. The minimum absolute atomic E-state index is 0.146. The summed E-state index contributed by atoms with van der Waals surface area (Å²) < 4.78 is 0. The fraction of sp³-hybridized carbons (Fsp3) is 0.0645. The van der Waals surface area contributed by atoms with Crippen molar-refractivity contribution in [3.8, 4) is 0 Å². The molecule has 2 aliphatic rings. The van der Waals surface area contributed by atoms with Crippen molar-refractivity contribution >= 4 is 87.4 Å². The standard InChI is InChI=1S/C62H48N2/c1-5-18-53(6-2)63(55-29-27-45-35-47-31-41-19-12-14-21-43(41)33-49(47)37-51(45)39-55)61-57(7-3)58(8-4)62(60-26-17-16-25-59(60)61)64(54-23-10-9-11-24-54)56-30-28-46-36-48-32-42-20-13-15-22-44(42)34-50(48)38-52(46)40-56/h5-8,10,12-40,57-58H,1-4,9,11H2/b53-18+. The molecule has 9 aromatic carbocycles. The number of allylic oxidation sites excluding steroid dienone is 6. The molecule has 0 N–H and O–H groups in total. The second kappa shape index (κ2) is 16.1. The Bertz CT molecular complexity index is 3670. The first kappa shape index (κ1) is 38.9. The van der Waals surface area contributed by atoms with Gasteiger partial charge in [-0.15, -0.1) is 13.2 Å². The molecule has 0 amide bonds. The summed E-state index contributed by atoms with van der Waals surface area (Å²) in [5.41, 5.74) is 6.52. The minimum atomic E-state index is -0.164. The predicted octanol–water partition coefficient (Wildman–Crippen LogP) is 14.9. The van der Waals surface area contributed by atoms with Gasteiger partial charge >= 0.3 is 0 Å². The largest absolute Gasteiger partial charge is 0.313 e. The van der Waals surface area contributed by atoms with E-state index in [0.717, 1.165) is 51.7 Å². The summed E-state index contributed by atoms with van der Waals surface area (Å²) in [6.45, 7) is 17.7. The van der Waals surface area contributed by atoms with Gasteiger partial charge in [0.15, 0.2) is 0 Å². The molecule has 64 heavy (non-hydrogen) atoms.